The number of pyridine rings is 1. The number of aryl methyl sites for hydroxylation is 1. The number of benzene rings is 2. The maximum absolute atomic E-state index is 14.2. The lowest BCUT2D eigenvalue weighted by atomic mass is 9.93. The van der Waals surface area contributed by atoms with Crippen molar-refractivity contribution in [2.24, 2.45) is 0 Å². The number of alkyl halides is 3. The molecule has 188 valence electrons. The maximum Gasteiger partial charge on any atom is 0.408 e. The molecule has 0 fully saturated rings. The van der Waals surface area contributed by atoms with Gasteiger partial charge in [0.05, 0.1) is 6.04 Å². The summed E-state index contributed by atoms with van der Waals surface area (Å²) in [7, 11) is 0. The Labute approximate surface area is 207 Å². The van der Waals surface area contributed by atoms with Gasteiger partial charge in [-0.25, -0.2) is 4.39 Å². The third kappa shape index (κ3) is 3.82. The molecule has 5 rings (SSSR count). The number of fused-ring (bicyclic) bond motifs is 3. The Kier molecular flexibility index (Phi) is 5.77. The molecule has 11 heteroatoms. The van der Waals surface area contributed by atoms with Crippen molar-refractivity contribution in [2.75, 3.05) is 11.7 Å². The van der Waals surface area contributed by atoms with Crippen molar-refractivity contribution in [2.45, 2.75) is 42.8 Å². The lowest BCUT2D eigenvalue weighted by molar-refractivity contribution is -0.173. The molecular weight excluding hydrogens is 498 g/mol. The number of amides is 1. The second-order valence-electron chi connectivity index (χ2n) is 8.82. The quantitative estimate of drug-likeness (QED) is 0.498. The number of aromatic hydroxyl groups is 1. The van der Waals surface area contributed by atoms with Crippen LogP contribution in [0.25, 0.3) is 0 Å². The van der Waals surface area contributed by atoms with Gasteiger partial charge in [-0.1, -0.05) is 24.3 Å². The van der Waals surface area contributed by atoms with Gasteiger partial charge in [-0.15, -0.1) is 11.8 Å². The Morgan fingerprint density at radius 3 is 2.58 bits per heavy atom. The molecule has 1 amide bonds. The molecule has 1 N–H and O–H groups in total. The number of hydrogen-bond acceptors (Lipinski definition) is 5. The number of carbonyl (C=O) groups is 1. The first-order valence-electron chi connectivity index (χ1n) is 11.1. The Morgan fingerprint density at radius 2 is 1.86 bits per heavy atom. The summed E-state index contributed by atoms with van der Waals surface area (Å²) in [5.74, 6) is -2.06. The highest BCUT2D eigenvalue weighted by atomic mass is 32.2. The van der Waals surface area contributed by atoms with Crippen LogP contribution in [0, 0.1) is 12.7 Å². The molecule has 2 aliphatic heterocycles. The average molecular weight is 520 g/mol. The van der Waals surface area contributed by atoms with Crippen LogP contribution in [0.2, 0.25) is 0 Å². The molecule has 2 aromatic carbocycles. The molecule has 0 radical (unpaired) electrons. The monoisotopic (exact) mass is 519 g/mol. The summed E-state index contributed by atoms with van der Waals surface area (Å²) in [6, 6.07) is 7.95. The summed E-state index contributed by atoms with van der Waals surface area (Å²) in [5, 5.41) is 12.0. The fraction of sp³-hybridized carbons (Fsp3) is 0.280. The predicted octanol–water partition coefficient (Wildman–Crippen LogP) is 4.70. The van der Waals surface area contributed by atoms with Crippen molar-refractivity contribution < 1.29 is 27.5 Å². The third-order valence-electron chi connectivity index (χ3n) is 6.64. The smallest absolute Gasteiger partial charge is 0.408 e. The number of hydrogen-bond donors (Lipinski definition) is 1. The van der Waals surface area contributed by atoms with Crippen LogP contribution in [-0.2, 0) is 5.75 Å². The minimum Gasteiger partial charge on any atom is -0.502 e. The molecule has 1 aromatic heterocycles. The van der Waals surface area contributed by atoms with Crippen LogP contribution < -0.4 is 10.4 Å². The Hall–Kier alpha value is -3.47. The van der Waals surface area contributed by atoms with Crippen LogP contribution in [0.4, 0.5) is 17.6 Å². The standard InChI is InChI=1S/C25H21F4N3O3S/c1-13-4-3-5-18-20(17-7-6-16(26)10-15(17)11-36-23(13)18)32-12-30(14(2)25(27,28)29)24(35)21-22(34)19(33)8-9-31(21)32/h3-10,14,20,34H,11-12H2,1-2H3/t14-,20+/m1/s1. The van der Waals surface area contributed by atoms with E-state index in [1.54, 1.807) is 6.07 Å². The number of nitrogens with zero attached hydrogens (tertiary/aromatic N) is 3. The van der Waals surface area contributed by atoms with E-state index in [2.05, 4.69) is 0 Å². The Balaban J connectivity index is 1.80. The normalized spacial score (nSPS) is 18.3. The zero-order valence-corrected chi connectivity index (χ0v) is 20.0. The molecule has 0 saturated heterocycles. The van der Waals surface area contributed by atoms with Gasteiger partial charge in [0.25, 0.3) is 5.91 Å². The average Bonchev–Trinajstić information content (AvgIpc) is 2.98. The second-order valence-corrected chi connectivity index (χ2v) is 9.81. The fourth-order valence-electron chi connectivity index (χ4n) is 4.73. The van der Waals surface area contributed by atoms with Crippen LogP contribution in [0.5, 0.6) is 5.75 Å². The van der Waals surface area contributed by atoms with E-state index in [9.17, 15) is 32.3 Å². The first-order valence-corrected chi connectivity index (χ1v) is 12.1. The van der Waals surface area contributed by atoms with E-state index in [4.69, 9.17) is 0 Å². The van der Waals surface area contributed by atoms with Gasteiger partial charge < -0.3 is 10.0 Å². The molecule has 0 spiro atoms. The Bertz CT molecular complexity index is 1440. The lowest BCUT2D eigenvalue weighted by Gasteiger charge is -2.46. The number of halogens is 4. The minimum absolute atomic E-state index is 0.430. The summed E-state index contributed by atoms with van der Waals surface area (Å²) in [6.07, 6.45) is -3.48. The molecule has 0 bridgehead atoms. The van der Waals surface area contributed by atoms with Crippen molar-refractivity contribution in [1.82, 2.24) is 9.58 Å². The molecule has 0 unspecified atom stereocenters. The first-order chi connectivity index (χ1) is 17.0. The van der Waals surface area contributed by atoms with Crippen LogP contribution in [-0.4, -0.2) is 39.5 Å². The van der Waals surface area contributed by atoms with E-state index in [1.165, 1.54) is 39.8 Å². The Morgan fingerprint density at radius 1 is 1.11 bits per heavy atom. The van der Waals surface area contributed by atoms with Gasteiger partial charge in [0.2, 0.25) is 5.43 Å². The number of aromatic nitrogens is 1. The fourth-order valence-corrected chi connectivity index (χ4v) is 5.92. The highest BCUT2D eigenvalue weighted by molar-refractivity contribution is 7.98. The highest BCUT2D eigenvalue weighted by Crippen LogP contribution is 2.44. The molecule has 2 atom stereocenters. The number of rotatable bonds is 2. The van der Waals surface area contributed by atoms with E-state index in [0.29, 0.717) is 21.8 Å². The molecule has 0 aliphatic carbocycles. The molecule has 0 saturated carbocycles. The summed E-state index contributed by atoms with van der Waals surface area (Å²) >= 11 is 1.49. The van der Waals surface area contributed by atoms with E-state index < -0.39 is 53.5 Å². The van der Waals surface area contributed by atoms with Crippen LogP contribution in [0.3, 0.4) is 0 Å². The molecule has 3 aromatic rings. The van der Waals surface area contributed by atoms with E-state index >= 15 is 0 Å². The van der Waals surface area contributed by atoms with Gasteiger partial charge in [-0.05, 0) is 48.2 Å². The van der Waals surface area contributed by atoms with E-state index in [1.807, 2.05) is 25.1 Å². The predicted molar refractivity (Wildman–Crippen MR) is 126 cm³/mol. The van der Waals surface area contributed by atoms with Crippen molar-refractivity contribution in [3.63, 3.8) is 0 Å². The largest absolute Gasteiger partial charge is 0.502 e. The molecule has 3 heterocycles. The van der Waals surface area contributed by atoms with Gasteiger partial charge in [-0.2, -0.15) is 13.2 Å². The highest BCUT2D eigenvalue weighted by Gasteiger charge is 2.47. The molecule has 2 aliphatic rings. The van der Waals surface area contributed by atoms with Crippen molar-refractivity contribution >= 4 is 17.7 Å². The molecular formula is C25H21F4N3O3S. The lowest BCUT2D eigenvalue weighted by Crippen LogP contribution is -2.60. The van der Waals surface area contributed by atoms with Gasteiger partial charge >= 0.3 is 6.18 Å². The van der Waals surface area contributed by atoms with Crippen molar-refractivity contribution in [3.8, 4) is 5.75 Å². The van der Waals surface area contributed by atoms with Gasteiger partial charge in [0.15, 0.2) is 11.4 Å². The van der Waals surface area contributed by atoms with Gasteiger partial charge in [0.1, 0.15) is 18.5 Å². The topological polar surface area (TPSA) is 65.8 Å². The van der Waals surface area contributed by atoms with Crippen LogP contribution in [0.15, 0.2) is 58.4 Å². The molecule has 6 nitrogen and oxygen atoms in total. The summed E-state index contributed by atoms with van der Waals surface area (Å²) < 4.78 is 56.8. The van der Waals surface area contributed by atoms with Gasteiger partial charge in [-0.3, -0.25) is 19.3 Å². The van der Waals surface area contributed by atoms with E-state index in [0.717, 1.165) is 29.0 Å². The van der Waals surface area contributed by atoms with E-state index in [-0.39, 0.29) is 0 Å². The summed E-state index contributed by atoms with van der Waals surface area (Å²) in [5.41, 5.74) is 1.55. The second kappa shape index (κ2) is 8.58. The first kappa shape index (κ1) is 24.2. The van der Waals surface area contributed by atoms with Gasteiger partial charge in [0, 0.05) is 22.9 Å². The number of thioether (sulfide) groups is 1. The van der Waals surface area contributed by atoms with Crippen molar-refractivity contribution in [1.29, 1.82) is 0 Å². The molecule has 36 heavy (non-hydrogen) atoms. The number of carbonyl (C=O) groups excluding carboxylic acids is 1. The summed E-state index contributed by atoms with van der Waals surface area (Å²) in [4.78, 5) is 26.9. The summed E-state index contributed by atoms with van der Waals surface area (Å²) in [6.45, 7) is 2.27. The van der Waals surface area contributed by atoms with Crippen molar-refractivity contribution in [3.05, 3.63) is 92.6 Å². The zero-order chi connectivity index (χ0) is 25.9. The zero-order valence-electron chi connectivity index (χ0n) is 19.2. The van der Waals surface area contributed by atoms with Crippen LogP contribution in [0.1, 0.15) is 45.7 Å². The third-order valence-corrected chi connectivity index (χ3v) is 7.94. The SMILES string of the molecule is Cc1cccc2c1SCc1cc(F)ccc1[C@@H]2N1CN([C@H](C)C(F)(F)F)C(=O)c2c(O)c(=O)ccn21. The minimum atomic E-state index is -4.75. The maximum atomic E-state index is 14.2. The van der Waals surface area contributed by atoms with Crippen LogP contribution >= 0.6 is 11.8 Å².